The molecule has 1 aliphatic carbocycles. The number of rotatable bonds is 5. The highest BCUT2D eigenvalue weighted by Gasteiger charge is 2.33. The first-order valence-corrected chi connectivity index (χ1v) is 17.7. The van der Waals surface area contributed by atoms with Gasteiger partial charge in [0, 0.05) is 39.3 Å². The predicted molar refractivity (Wildman–Crippen MR) is 214 cm³/mol. The summed E-state index contributed by atoms with van der Waals surface area (Å²) in [6, 6.07) is 63.6. The Morgan fingerprint density at radius 3 is 1.78 bits per heavy atom. The third kappa shape index (κ3) is 4.71. The Bertz CT molecular complexity index is 2750. The van der Waals surface area contributed by atoms with Crippen molar-refractivity contribution < 1.29 is 4.42 Å². The average molecular weight is 654 g/mol. The fourth-order valence-electron chi connectivity index (χ4n) is 8.26. The average Bonchev–Trinajstić information content (AvgIpc) is 3.56. The summed E-state index contributed by atoms with van der Waals surface area (Å²) >= 11 is 0. The fraction of sp³-hybridized carbons (Fsp3) is 0.0612. The molecule has 0 bridgehead atoms. The highest BCUT2D eigenvalue weighted by molar-refractivity contribution is 6.06. The maximum atomic E-state index is 6.34. The van der Waals surface area contributed by atoms with Crippen molar-refractivity contribution in [2.24, 2.45) is 0 Å². The van der Waals surface area contributed by atoms with E-state index in [2.05, 4.69) is 183 Å². The predicted octanol–water partition coefficient (Wildman–Crippen LogP) is 13.8. The molecule has 1 heterocycles. The van der Waals surface area contributed by atoms with E-state index in [1.807, 2.05) is 12.1 Å². The lowest BCUT2D eigenvalue weighted by molar-refractivity contribution is 0.645. The molecule has 1 aliphatic rings. The molecular formula is C49H35NO. The Morgan fingerprint density at radius 1 is 0.412 bits per heavy atom. The second-order valence-electron chi connectivity index (χ2n) is 14.2. The zero-order valence-corrected chi connectivity index (χ0v) is 28.6. The minimum Gasteiger partial charge on any atom is -0.456 e. The van der Waals surface area contributed by atoms with Gasteiger partial charge in [-0.3, -0.25) is 0 Å². The Balaban J connectivity index is 1.07. The van der Waals surface area contributed by atoms with E-state index >= 15 is 0 Å². The fourth-order valence-corrected chi connectivity index (χ4v) is 8.26. The minimum absolute atomic E-state index is 0.0803. The van der Waals surface area contributed by atoms with E-state index in [1.165, 1.54) is 55.3 Å². The molecule has 0 unspecified atom stereocenters. The van der Waals surface area contributed by atoms with Crippen molar-refractivity contribution >= 4 is 49.8 Å². The van der Waals surface area contributed by atoms with Gasteiger partial charge in [-0.2, -0.15) is 0 Å². The topological polar surface area (TPSA) is 16.4 Å². The molecule has 2 nitrogen and oxygen atoms in total. The van der Waals surface area contributed by atoms with E-state index < -0.39 is 0 Å². The zero-order chi connectivity index (χ0) is 34.1. The van der Waals surface area contributed by atoms with Crippen LogP contribution < -0.4 is 4.90 Å². The third-order valence-corrected chi connectivity index (χ3v) is 10.9. The maximum absolute atomic E-state index is 6.34. The first-order chi connectivity index (χ1) is 25.0. The van der Waals surface area contributed by atoms with Crippen molar-refractivity contribution in [2.75, 3.05) is 4.90 Å². The van der Waals surface area contributed by atoms with Gasteiger partial charge in [0.1, 0.15) is 11.2 Å². The first kappa shape index (κ1) is 29.5. The molecule has 1 aromatic heterocycles. The molecule has 0 fully saturated rings. The van der Waals surface area contributed by atoms with Crippen LogP contribution in [-0.4, -0.2) is 0 Å². The standard InChI is InChI=1S/C49H35NO/c1-49(2)44-29-22-36(30-43(44)42-15-8-12-35-13-9-16-45(49)48(35)42)34-20-25-38(26-21-34)50(37-23-18-33(19-24-37)32-10-4-3-5-11-32)39-27-28-41-40-14-6-7-17-46(40)51-47(41)31-39/h3-31H,1-2H3. The van der Waals surface area contributed by atoms with E-state index in [0.29, 0.717) is 0 Å². The molecule has 51 heavy (non-hydrogen) atoms. The Hall–Kier alpha value is -6.38. The number of anilines is 3. The van der Waals surface area contributed by atoms with Crippen molar-refractivity contribution in [3.05, 3.63) is 187 Å². The van der Waals surface area contributed by atoms with Gasteiger partial charge in [-0.1, -0.05) is 135 Å². The monoisotopic (exact) mass is 653 g/mol. The Morgan fingerprint density at radius 2 is 1.02 bits per heavy atom. The third-order valence-electron chi connectivity index (χ3n) is 10.9. The molecule has 2 heteroatoms. The second kappa shape index (κ2) is 11.3. The van der Waals surface area contributed by atoms with E-state index in [1.54, 1.807) is 0 Å². The summed E-state index contributed by atoms with van der Waals surface area (Å²) in [6.45, 7) is 4.71. The van der Waals surface area contributed by atoms with Gasteiger partial charge in [0.2, 0.25) is 0 Å². The molecule has 0 saturated carbocycles. The molecule has 8 aromatic carbocycles. The summed E-state index contributed by atoms with van der Waals surface area (Å²) in [7, 11) is 0. The molecule has 0 saturated heterocycles. The van der Waals surface area contributed by atoms with E-state index in [9.17, 15) is 0 Å². The molecule has 0 amide bonds. The van der Waals surface area contributed by atoms with E-state index in [0.717, 1.165) is 39.0 Å². The molecular weight excluding hydrogens is 619 g/mol. The van der Waals surface area contributed by atoms with E-state index in [-0.39, 0.29) is 5.41 Å². The molecule has 0 atom stereocenters. The molecule has 9 aromatic rings. The Labute approximate surface area is 297 Å². The number of fused-ring (bicyclic) bond motifs is 5. The summed E-state index contributed by atoms with van der Waals surface area (Å²) < 4.78 is 6.34. The first-order valence-electron chi connectivity index (χ1n) is 17.7. The molecule has 10 rings (SSSR count). The van der Waals surface area contributed by atoms with Crippen LogP contribution in [0.3, 0.4) is 0 Å². The number of hydrogen-bond donors (Lipinski definition) is 0. The SMILES string of the molecule is CC1(C)c2ccc(-c3ccc(N(c4ccc(-c5ccccc5)cc4)c4ccc5c(c4)oc4ccccc45)cc3)cc2-c2cccc3cccc1c23. The van der Waals surface area contributed by atoms with Crippen LogP contribution in [0.4, 0.5) is 17.1 Å². The van der Waals surface area contributed by atoms with Gasteiger partial charge >= 0.3 is 0 Å². The lowest BCUT2D eigenvalue weighted by Gasteiger charge is -2.35. The van der Waals surface area contributed by atoms with Crippen LogP contribution in [-0.2, 0) is 5.41 Å². The van der Waals surface area contributed by atoms with Crippen LogP contribution in [0.1, 0.15) is 25.0 Å². The van der Waals surface area contributed by atoms with Crippen molar-refractivity contribution in [2.45, 2.75) is 19.3 Å². The largest absolute Gasteiger partial charge is 0.456 e. The summed E-state index contributed by atoms with van der Waals surface area (Å²) in [5, 5.41) is 4.94. The van der Waals surface area contributed by atoms with Gasteiger partial charge in [0.05, 0.1) is 0 Å². The minimum atomic E-state index is -0.0803. The highest BCUT2D eigenvalue weighted by Crippen LogP contribution is 2.49. The van der Waals surface area contributed by atoms with Gasteiger partial charge in [0.15, 0.2) is 0 Å². The van der Waals surface area contributed by atoms with E-state index in [4.69, 9.17) is 4.42 Å². The van der Waals surface area contributed by atoms with Gasteiger partial charge in [-0.05, 0) is 104 Å². The van der Waals surface area contributed by atoms with Crippen molar-refractivity contribution in [3.8, 4) is 33.4 Å². The number of nitrogens with zero attached hydrogens (tertiary/aromatic N) is 1. The number of para-hydroxylation sites is 1. The maximum Gasteiger partial charge on any atom is 0.137 e. The van der Waals surface area contributed by atoms with Gasteiger partial charge in [0.25, 0.3) is 0 Å². The van der Waals surface area contributed by atoms with Crippen LogP contribution in [0.2, 0.25) is 0 Å². The van der Waals surface area contributed by atoms with Crippen LogP contribution in [0.5, 0.6) is 0 Å². The zero-order valence-electron chi connectivity index (χ0n) is 28.6. The normalized spacial score (nSPS) is 13.1. The molecule has 0 spiro atoms. The number of furan rings is 1. The van der Waals surface area contributed by atoms with Crippen molar-refractivity contribution in [1.29, 1.82) is 0 Å². The smallest absolute Gasteiger partial charge is 0.137 e. The van der Waals surface area contributed by atoms with Crippen molar-refractivity contribution in [3.63, 3.8) is 0 Å². The highest BCUT2D eigenvalue weighted by atomic mass is 16.3. The van der Waals surface area contributed by atoms with Crippen LogP contribution in [0, 0.1) is 0 Å². The summed E-state index contributed by atoms with van der Waals surface area (Å²) in [5.41, 5.74) is 15.1. The molecule has 0 aliphatic heterocycles. The van der Waals surface area contributed by atoms with Crippen LogP contribution >= 0.6 is 0 Å². The lowest BCUT2D eigenvalue weighted by atomic mass is 9.68. The Kier molecular flexibility index (Phi) is 6.56. The molecule has 0 radical (unpaired) electrons. The van der Waals surface area contributed by atoms with Crippen LogP contribution in [0.15, 0.2) is 180 Å². The molecule has 242 valence electrons. The van der Waals surface area contributed by atoms with Gasteiger partial charge in [-0.25, -0.2) is 0 Å². The number of hydrogen-bond acceptors (Lipinski definition) is 2. The number of benzene rings is 8. The van der Waals surface area contributed by atoms with Crippen LogP contribution in [0.25, 0.3) is 66.1 Å². The van der Waals surface area contributed by atoms with Crippen molar-refractivity contribution in [1.82, 2.24) is 0 Å². The summed E-state index contributed by atoms with van der Waals surface area (Å²) in [6.07, 6.45) is 0. The van der Waals surface area contributed by atoms with Gasteiger partial charge < -0.3 is 9.32 Å². The summed E-state index contributed by atoms with van der Waals surface area (Å²) in [5.74, 6) is 0. The quantitative estimate of drug-likeness (QED) is 0.184. The lowest BCUT2D eigenvalue weighted by Crippen LogP contribution is -2.23. The second-order valence-corrected chi connectivity index (χ2v) is 14.2. The molecule has 0 N–H and O–H groups in total. The van der Waals surface area contributed by atoms with Gasteiger partial charge in [-0.15, -0.1) is 0 Å². The summed E-state index contributed by atoms with van der Waals surface area (Å²) in [4.78, 5) is 2.32.